The molecule has 0 aliphatic carbocycles. The highest BCUT2D eigenvalue weighted by atomic mass is 32.2. The van der Waals surface area contributed by atoms with E-state index in [-0.39, 0.29) is 18.0 Å². The molecule has 2 rings (SSSR count). The van der Waals surface area contributed by atoms with Crippen molar-refractivity contribution in [1.29, 1.82) is 0 Å². The number of nitrogens with zero attached hydrogens (tertiary/aromatic N) is 1. The number of hydrogen-bond donors (Lipinski definition) is 1. The van der Waals surface area contributed by atoms with Gasteiger partial charge in [0, 0.05) is 13.6 Å². The lowest BCUT2D eigenvalue weighted by atomic mass is 10.2. The van der Waals surface area contributed by atoms with Gasteiger partial charge in [-0.1, -0.05) is 29.8 Å². The number of benzene rings is 2. The Hall–Kier alpha value is -2.25. The summed E-state index contributed by atoms with van der Waals surface area (Å²) in [5.41, 5.74) is 1.53. The third-order valence-electron chi connectivity index (χ3n) is 3.53. The third kappa shape index (κ3) is 4.39. The molecule has 0 atom stereocenters. The van der Waals surface area contributed by atoms with Gasteiger partial charge in [-0.25, -0.2) is 12.8 Å². The van der Waals surface area contributed by atoms with Gasteiger partial charge in [0.25, 0.3) is 0 Å². The van der Waals surface area contributed by atoms with E-state index in [1.54, 1.807) is 12.1 Å². The summed E-state index contributed by atoms with van der Waals surface area (Å²) >= 11 is 0. The van der Waals surface area contributed by atoms with Gasteiger partial charge in [-0.15, -0.1) is 0 Å². The van der Waals surface area contributed by atoms with Crippen LogP contribution >= 0.6 is 0 Å². The van der Waals surface area contributed by atoms with Gasteiger partial charge in [-0.3, -0.25) is 4.79 Å². The first-order chi connectivity index (χ1) is 11.3. The van der Waals surface area contributed by atoms with Crippen molar-refractivity contribution in [1.82, 2.24) is 9.62 Å². The fourth-order valence-corrected chi connectivity index (χ4v) is 3.50. The van der Waals surface area contributed by atoms with Crippen molar-refractivity contribution in [2.24, 2.45) is 0 Å². The number of sulfonamides is 1. The van der Waals surface area contributed by atoms with E-state index < -0.39 is 21.7 Å². The van der Waals surface area contributed by atoms with Crippen molar-refractivity contribution in [3.05, 3.63) is 65.5 Å². The Bertz CT molecular complexity index is 803. The van der Waals surface area contributed by atoms with E-state index in [4.69, 9.17) is 0 Å². The molecular weight excluding hydrogens is 331 g/mol. The van der Waals surface area contributed by atoms with Gasteiger partial charge in [0.15, 0.2) is 0 Å². The molecule has 0 aromatic heterocycles. The Morgan fingerprint density at radius 2 is 1.67 bits per heavy atom. The largest absolute Gasteiger partial charge is 0.358 e. The molecule has 7 heteroatoms. The number of carbonyl (C=O) groups is 1. The predicted octanol–water partition coefficient (Wildman–Crippen LogP) is 2.07. The number of aryl methyl sites for hydroxylation is 1. The Labute approximate surface area is 141 Å². The Kier molecular flexibility index (Phi) is 5.69. The van der Waals surface area contributed by atoms with Gasteiger partial charge in [0.2, 0.25) is 15.9 Å². The molecule has 2 aromatic carbocycles. The van der Waals surface area contributed by atoms with Crippen LogP contribution in [0.3, 0.4) is 0 Å². The van der Waals surface area contributed by atoms with Crippen molar-refractivity contribution in [2.75, 3.05) is 13.6 Å². The SMILES string of the molecule is CNC(=O)CN(Cc1ccc(F)cc1)S(=O)(=O)c1ccc(C)cc1. The van der Waals surface area contributed by atoms with Crippen molar-refractivity contribution >= 4 is 15.9 Å². The molecule has 5 nitrogen and oxygen atoms in total. The number of hydrogen-bond acceptors (Lipinski definition) is 3. The molecule has 2 aromatic rings. The molecule has 0 aliphatic rings. The Morgan fingerprint density at radius 1 is 1.08 bits per heavy atom. The lowest BCUT2D eigenvalue weighted by Gasteiger charge is -2.21. The van der Waals surface area contributed by atoms with Crippen molar-refractivity contribution in [3.8, 4) is 0 Å². The van der Waals surface area contributed by atoms with Crippen molar-refractivity contribution in [2.45, 2.75) is 18.4 Å². The highest BCUT2D eigenvalue weighted by Gasteiger charge is 2.26. The fourth-order valence-electron chi connectivity index (χ4n) is 2.12. The number of likely N-dealkylation sites (N-methyl/N-ethyl adjacent to an activating group) is 1. The molecule has 0 bridgehead atoms. The maximum Gasteiger partial charge on any atom is 0.243 e. The molecule has 0 spiro atoms. The second-order valence-corrected chi connectivity index (χ2v) is 7.32. The third-order valence-corrected chi connectivity index (χ3v) is 5.34. The van der Waals surface area contributed by atoms with Crippen LogP contribution < -0.4 is 5.32 Å². The molecule has 1 N–H and O–H groups in total. The van der Waals surface area contributed by atoms with E-state index in [0.717, 1.165) is 9.87 Å². The zero-order chi connectivity index (χ0) is 17.7. The maximum atomic E-state index is 13.0. The average molecular weight is 350 g/mol. The van der Waals surface area contributed by atoms with Gasteiger partial charge < -0.3 is 5.32 Å². The van der Waals surface area contributed by atoms with Crippen LogP contribution in [0.15, 0.2) is 53.4 Å². The quantitative estimate of drug-likeness (QED) is 0.867. The smallest absolute Gasteiger partial charge is 0.243 e. The molecule has 0 heterocycles. The zero-order valence-corrected chi connectivity index (χ0v) is 14.3. The van der Waals surface area contributed by atoms with Gasteiger partial charge >= 0.3 is 0 Å². The van der Waals surface area contributed by atoms with Gasteiger partial charge in [-0.05, 0) is 36.8 Å². The minimum absolute atomic E-state index is 0.0239. The van der Waals surface area contributed by atoms with E-state index in [1.807, 2.05) is 6.92 Å². The number of halogens is 1. The van der Waals surface area contributed by atoms with Crippen LogP contribution in [0, 0.1) is 12.7 Å². The van der Waals surface area contributed by atoms with Gasteiger partial charge in [-0.2, -0.15) is 4.31 Å². The van der Waals surface area contributed by atoms with Gasteiger partial charge in [0.1, 0.15) is 5.82 Å². The second kappa shape index (κ2) is 7.55. The summed E-state index contributed by atoms with van der Waals surface area (Å²) in [4.78, 5) is 11.8. The Balaban J connectivity index is 2.35. The van der Waals surface area contributed by atoms with Crippen LogP contribution in [0.25, 0.3) is 0 Å². The monoisotopic (exact) mass is 350 g/mol. The fraction of sp³-hybridized carbons (Fsp3) is 0.235. The summed E-state index contributed by atoms with van der Waals surface area (Å²) in [6, 6.07) is 11.9. The summed E-state index contributed by atoms with van der Waals surface area (Å²) in [7, 11) is -2.41. The Morgan fingerprint density at radius 3 is 2.21 bits per heavy atom. The molecule has 0 unspecified atom stereocenters. The lowest BCUT2D eigenvalue weighted by Crippen LogP contribution is -2.39. The molecular formula is C17H19FN2O3S. The zero-order valence-electron chi connectivity index (χ0n) is 13.5. The second-order valence-electron chi connectivity index (χ2n) is 5.39. The number of nitrogens with one attached hydrogen (secondary N) is 1. The highest BCUT2D eigenvalue weighted by molar-refractivity contribution is 7.89. The molecule has 0 saturated heterocycles. The molecule has 0 fully saturated rings. The van der Waals surface area contributed by atoms with Crippen LogP contribution in [0.2, 0.25) is 0 Å². The van der Waals surface area contributed by atoms with E-state index in [2.05, 4.69) is 5.32 Å². The van der Waals surface area contributed by atoms with E-state index in [0.29, 0.717) is 5.56 Å². The molecule has 128 valence electrons. The van der Waals surface area contributed by atoms with E-state index in [1.165, 1.54) is 43.4 Å². The average Bonchev–Trinajstić information content (AvgIpc) is 2.56. The summed E-state index contributed by atoms with van der Waals surface area (Å²) < 4.78 is 39.8. The molecule has 0 radical (unpaired) electrons. The number of carbonyl (C=O) groups excluding carboxylic acids is 1. The van der Waals surface area contributed by atoms with Crippen LogP contribution in [0.4, 0.5) is 4.39 Å². The van der Waals surface area contributed by atoms with E-state index >= 15 is 0 Å². The first-order valence-corrected chi connectivity index (χ1v) is 8.79. The molecule has 0 aliphatic heterocycles. The minimum Gasteiger partial charge on any atom is -0.358 e. The summed E-state index contributed by atoms with van der Waals surface area (Å²) in [6.45, 7) is 1.52. The number of rotatable bonds is 6. The predicted molar refractivity (Wildman–Crippen MR) is 89.2 cm³/mol. The molecule has 24 heavy (non-hydrogen) atoms. The standard InChI is InChI=1S/C17H19FN2O3S/c1-13-3-9-16(10-4-13)24(22,23)20(12-17(21)19-2)11-14-5-7-15(18)8-6-14/h3-10H,11-12H2,1-2H3,(H,19,21). The molecule has 0 saturated carbocycles. The first kappa shape index (κ1) is 18.1. The van der Waals surface area contributed by atoms with Crippen LogP contribution in [-0.4, -0.2) is 32.2 Å². The van der Waals surface area contributed by atoms with Crippen LogP contribution in [-0.2, 0) is 21.4 Å². The minimum atomic E-state index is -3.85. The van der Waals surface area contributed by atoms with Crippen molar-refractivity contribution in [3.63, 3.8) is 0 Å². The highest BCUT2D eigenvalue weighted by Crippen LogP contribution is 2.19. The summed E-state index contributed by atoms with van der Waals surface area (Å²) in [5, 5.41) is 2.42. The van der Waals surface area contributed by atoms with Crippen molar-refractivity contribution < 1.29 is 17.6 Å². The lowest BCUT2D eigenvalue weighted by molar-refractivity contribution is -0.120. The summed E-state index contributed by atoms with van der Waals surface area (Å²) in [5.74, 6) is -0.828. The van der Waals surface area contributed by atoms with Crippen LogP contribution in [0.5, 0.6) is 0 Å². The first-order valence-electron chi connectivity index (χ1n) is 7.35. The maximum absolute atomic E-state index is 13.0. The van der Waals surface area contributed by atoms with Crippen LogP contribution in [0.1, 0.15) is 11.1 Å². The topological polar surface area (TPSA) is 66.5 Å². The summed E-state index contributed by atoms with van der Waals surface area (Å²) in [6.07, 6.45) is 0. The normalized spacial score (nSPS) is 11.5. The number of amides is 1. The molecule has 1 amide bonds. The van der Waals surface area contributed by atoms with E-state index in [9.17, 15) is 17.6 Å². The van der Waals surface area contributed by atoms with Gasteiger partial charge in [0.05, 0.1) is 11.4 Å².